The zero-order chi connectivity index (χ0) is 18.0. The number of nitrogens with one attached hydrogen (secondary N) is 1. The van der Waals surface area contributed by atoms with Gasteiger partial charge in [0.05, 0.1) is 12.1 Å². The largest absolute Gasteiger partial charge is 0.424 e. The molecule has 1 aliphatic heterocycles. The van der Waals surface area contributed by atoms with E-state index in [1.165, 1.54) is 0 Å². The topological polar surface area (TPSA) is 108 Å². The van der Waals surface area contributed by atoms with Crippen molar-refractivity contribution in [3.05, 3.63) is 30.0 Å². The third-order valence-electron chi connectivity index (χ3n) is 4.54. The number of rotatable bonds is 6. The van der Waals surface area contributed by atoms with Crippen LogP contribution < -0.4 is 0 Å². The predicted octanol–water partition coefficient (Wildman–Crippen LogP) is 1.82. The Morgan fingerprint density at radius 1 is 1.48 bits per heavy atom. The Kier molecular flexibility index (Phi) is 5.17. The van der Waals surface area contributed by atoms with Gasteiger partial charge < -0.3 is 19.4 Å². The summed E-state index contributed by atoms with van der Waals surface area (Å²) in [5.74, 6) is 0.950. The maximum atomic E-state index is 13.3. The van der Waals surface area contributed by atoms with Gasteiger partial charge in [0.1, 0.15) is 11.7 Å². The average molecular weight is 347 g/mol. The van der Waals surface area contributed by atoms with Crippen LogP contribution >= 0.6 is 0 Å². The summed E-state index contributed by atoms with van der Waals surface area (Å²) in [5.41, 5.74) is 0. The molecule has 2 aromatic rings. The van der Waals surface area contributed by atoms with Crippen molar-refractivity contribution >= 4 is 5.91 Å². The van der Waals surface area contributed by atoms with Crippen molar-refractivity contribution in [1.82, 2.24) is 25.1 Å². The molecule has 136 valence electrons. The van der Waals surface area contributed by atoms with Crippen molar-refractivity contribution in [2.45, 2.75) is 58.1 Å². The van der Waals surface area contributed by atoms with Gasteiger partial charge in [0.2, 0.25) is 17.7 Å². The quantitative estimate of drug-likeness (QED) is 0.825. The molecule has 1 saturated heterocycles. The number of nitrogens with zero attached hydrogens (tertiary/aromatic N) is 4. The van der Waals surface area contributed by atoms with Crippen LogP contribution in [0.5, 0.6) is 0 Å². The summed E-state index contributed by atoms with van der Waals surface area (Å²) in [4.78, 5) is 22.2. The number of aromatic amines is 1. The summed E-state index contributed by atoms with van der Waals surface area (Å²) >= 11 is 0. The van der Waals surface area contributed by atoms with Gasteiger partial charge in [0.15, 0.2) is 0 Å². The summed E-state index contributed by atoms with van der Waals surface area (Å²) in [7, 11) is 0. The fourth-order valence-corrected chi connectivity index (χ4v) is 3.34. The van der Waals surface area contributed by atoms with E-state index in [9.17, 15) is 9.90 Å². The molecular weight excluding hydrogens is 322 g/mol. The summed E-state index contributed by atoms with van der Waals surface area (Å²) in [6, 6.07) is -0.267. The average Bonchev–Trinajstić information content (AvgIpc) is 3.27. The van der Waals surface area contributed by atoms with Crippen molar-refractivity contribution in [1.29, 1.82) is 0 Å². The summed E-state index contributed by atoms with van der Waals surface area (Å²) < 4.78 is 5.73. The van der Waals surface area contributed by atoms with Crippen LogP contribution in [0.4, 0.5) is 0 Å². The molecule has 3 atom stereocenters. The number of hydrogen-bond donors (Lipinski definition) is 2. The molecule has 0 spiro atoms. The van der Waals surface area contributed by atoms with Crippen molar-refractivity contribution < 1.29 is 14.3 Å². The second kappa shape index (κ2) is 7.35. The Morgan fingerprint density at radius 3 is 2.92 bits per heavy atom. The molecule has 25 heavy (non-hydrogen) atoms. The molecule has 3 rings (SSSR count). The molecule has 3 heterocycles. The molecule has 1 fully saturated rings. The summed E-state index contributed by atoms with van der Waals surface area (Å²) in [5, 5.41) is 18.2. The minimum absolute atomic E-state index is 0.00239. The lowest BCUT2D eigenvalue weighted by atomic mass is 9.94. The third-order valence-corrected chi connectivity index (χ3v) is 4.54. The molecule has 8 heteroatoms. The molecule has 8 nitrogen and oxygen atoms in total. The van der Waals surface area contributed by atoms with Crippen molar-refractivity contribution in [3.8, 4) is 0 Å². The summed E-state index contributed by atoms with van der Waals surface area (Å²) in [6.45, 7) is 6.24. The highest BCUT2D eigenvalue weighted by Crippen LogP contribution is 2.35. The number of H-pyrrole nitrogens is 1. The van der Waals surface area contributed by atoms with Crippen molar-refractivity contribution in [3.63, 3.8) is 0 Å². The van der Waals surface area contributed by atoms with E-state index in [2.05, 4.69) is 20.2 Å². The molecule has 2 N–H and O–H groups in total. The fourth-order valence-electron chi connectivity index (χ4n) is 3.34. The van der Waals surface area contributed by atoms with E-state index >= 15 is 0 Å². The van der Waals surface area contributed by atoms with E-state index in [-0.39, 0.29) is 24.4 Å². The van der Waals surface area contributed by atoms with E-state index in [0.29, 0.717) is 30.4 Å². The van der Waals surface area contributed by atoms with Gasteiger partial charge in [-0.25, -0.2) is 4.98 Å². The number of amides is 1. The first kappa shape index (κ1) is 17.6. The summed E-state index contributed by atoms with van der Waals surface area (Å²) in [6.07, 6.45) is 4.87. The number of aryl methyl sites for hydroxylation is 1. The standard InChI is InChI=1S/C17H25N5O3/c1-4-5-13-20-21-16(25-13)14(10(2)3)17(24)22-9-11(23)8-12(22)15-18-6-7-19-15/h6-7,10-12,14,23H,4-5,8-9H2,1-3H3,(H,18,19)/t11-,12+,14?/m1/s1. The number of hydrogen-bond acceptors (Lipinski definition) is 6. The highest BCUT2D eigenvalue weighted by Gasteiger charge is 2.42. The van der Waals surface area contributed by atoms with Crippen LogP contribution in [0, 0.1) is 5.92 Å². The van der Waals surface area contributed by atoms with Gasteiger partial charge in [-0.2, -0.15) is 0 Å². The maximum absolute atomic E-state index is 13.3. The van der Waals surface area contributed by atoms with Gasteiger partial charge in [0.25, 0.3) is 0 Å². The Balaban J connectivity index is 1.86. The Labute approximate surface area is 146 Å². The normalized spacial score (nSPS) is 21.9. The van der Waals surface area contributed by atoms with Crippen LogP contribution in [0.2, 0.25) is 0 Å². The fraction of sp³-hybridized carbons (Fsp3) is 0.647. The van der Waals surface area contributed by atoms with E-state index in [0.717, 1.165) is 6.42 Å². The number of aliphatic hydroxyl groups excluding tert-OH is 1. The van der Waals surface area contributed by atoms with Crippen LogP contribution in [0.15, 0.2) is 16.8 Å². The number of aromatic nitrogens is 4. The molecule has 0 aliphatic carbocycles. The van der Waals surface area contributed by atoms with E-state index < -0.39 is 12.0 Å². The molecular formula is C17H25N5O3. The van der Waals surface area contributed by atoms with Crippen molar-refractivity contribution in [2.75, 3.05) is 6.54 Å². The second-order valence-electron chi connectivity index (χ2n) is 6.88. The highest BCUT2D eigenvalue weighted by atomic mass is 16.4. The van der Waals surface area contributed by atoms with Crippen LogP contribution in [0.3, 0.4) is 0 Å². The first-order valence-corrected chi connectivity index (χ1v) is 8.81. The number of β-amino-alcohol motifs (C(OH)–C–C–N with tert-alkyl or cyclic N) is 1. The molecule has 0 saturated carbocycles. The molecule has 0 aromatic carbocycles. The zero-order valence-electron chi connectivity index (χ0n) is 14.8. The third kappa shape index (κ3) is 3.58. The van der Waals surface area contributed by atoms with Gasteiger partial charge in [-0.1, -0.05) is 20.8 Å². The Bertz CT molecular complexity index is 697. The predicted molar refractivity (Wildman–Crippen MR) is 89.5 cm³/mol. The number of imidazole rings is 1. The zero-order valence-corrected chi connectivity index (χ0v) is 14.8. The molecule has 1 amide bonds. The van der Waals surface area contributed by atoms with Gasteiger partial charge in [-0.05, 0) is 12.3 Å². The molecule has 0 radical (unpaired) electrons. The van der Waals surface area contributed by atoms with Crippen LogP contribution in [0.25, 0.3) is 0 Å². The van der Waals surface area contributed by atoms with Crippen LogP contribution in [-0.2, 0) is 11.2 Å². The molecule has 1 aliphatic rings. The smallest absolute Gasteiger partial charge is 0.236 e. The minimum atomic E-state index is -0.565. The molecule has 0 bridgehead atoms. The highest BCUT2D eigenvalue weighted by molar-refractivity contribution is 5.83. The first-order valence-electron chi connectivity index (χ1n) is 8.81. The number of aliphatic hydroxyl groups is 1. The van der Waals surface area contributed by atoms with Gasteiger partial charge in [0, 0.05) is 31.8 Å². The monoisotopic (exact) mass is 347 g/mol. The number of likely N-dealkylation sites (tertiary alicyclic amines) is 1. The number of carbonyl (C=O) groups excluding carboxylic acids is 1. The second-order valence-corrected chi connectivity index (χ2v) is 6.88. The molecule has 1 unspecified atom stereocenters. The van der Waals surface area contributed by atoms with E-state index in [1.54, 1.807) is 17.3 Å². The maximum Gasteiger partial charge on any atom is 0.236 e. The molecule has 2 aromatic heterocycles. The first-order chi connectivity index (χ1) is 12.0. The lowest BCUT2D eigenvalue weighted by molar-refractivity contribution is -0.135. The minimum Gasteiger partial charge on any atom is -0.424 e. The number of carbonyl (C=O) groups is 1. The Hall–Kier alpha value is -2.22. The lowest BCUT2D eigenvalue weighted by Gasteiger charge is -2.27. The van der Waals surface area contributed by atoms with Gasteiger partial charge >= 0.3 is 0 Å². The SMILES string of the molecule is CCCc1nnc(C(C(=O)N2C[C@H](O)C[C@H]2c2ncc[nH]2)C(C)C)o1. The van der Waals surface area contributed by atoms with Crippen LogP contribution in [-0.4, -0.2) is 48.7 Å². The lowest BCUT2D eigenvalue weighted by Crippen LogP contribution is -2.38. The van der Waals surface area contributed by atoms with E-state index in [1.807, 2.05) is 20.8 Å². The Morgan fingerprint density at radius 2 is 2.28 bits per heavy atom. The van der Waals surface area contributed by atoms with Gasteiger partial charge in [-0.15, -0.1) is 10.2 Å². The van der Waals surface area contributed by atoms with Crippen LogP contribution in [0.1, 0.15) is 63.2 Å². The van der Waals surface area contributed by atoms with E-state index in [4.69, 9.17) is 4.42 Å². The van der Waals surface area contributed by atoms with Crippen molar-refractivity contribution in [2.24, 2.45) is 5.92 Å². The van der Waals surface area contributed by atoms with Gasteiger partial charge in [-0.3, -0.25) is 4.79 Å².